The first-order chi connectivity index (χ1) is 7.24. The van der Waals surface area contributed by atoms with Crippen LogP contribution in [0.25, 0.3) is 0 Å². The Bertz CT molecular complexity index is 331. The van der Waals surface area contributed by atoms with Gasteiger partial charge in [0.1, 0.15) is 5.82 Å². The fourth-order valence-electron chi connectivity index (χ4n) is 2.13. The van der Waals surface area contributed by atoms with Gasteiger partial charge in [0.15, 0.2) is 0 Å². The first kappa shape index (κ1) is 10.6. The molecule has 0 saturated heterocycles. The summed E-state index contributed by atoms with van der Waals surface area (Å²) in [5, 5.41) is 10.9. The summed E-state index contributed by atoms with van der Waals surface area (Å²) in [7, 11) is 0. The van der Waals surface area contributed by atoms with Gasteiger partial charge in [-0.2, -0.15) is 10.1 Å². The Morgan fingerprint density at radius 3 is 3.07 bits per heavy atom. The maximum Gasteiger partial charge on any atom is 0.244 e. The topological polar surface area (TPSA) is 50.7 Å². The molecule has 1 aromatic heterocycles. The molecule has 0 aromatic carbocycles. The molecule has 5 heteroatoms. The number of rotatable bonds is 2. The second kappa shape index (κ2) is 4.75. The van der Waals surface area contributed by atoms with Gasteiger partial charge in [-0.05, 0) is 30.4 Å². The van der Waals surface area contributed by atoms with E-state index in [2.05, 4.69) is 27.4 Å². The summed E-state index contributed by atoms with van der Waals surface area (Å²) in [6.45, 7) is 2.29. The third kappa shape index (κ3) is 3.02. The second-order valence-corrected chi connectivity index (χ2v) is 4.56. The van der Waals surface area contributed by atoms with Crippen molar-refractivity contribution >= 4 is 17.4 Å². The Kier molecular flexibility index (Phi) is 3.36. The molecule has 1 heterocycles. The monoisotopic (exact) mass is 226 g/mol. The van der Waals surface area contributed by atoms with Crippen molar-refractivity contribution < 1.29 is 0 Å². The van der Waals surface area contributed by atoms with Crippen molar-refractivity contribution in [2.45, 2.75) is 38.6 Å². The number of nitrogens with zero attached hydrogens (tertiary/aromatic N) is 3. The van der Waals surface area contributed by atoms with Crippen LogP contribution in [0.1, 0.15) is 32.6 Å². The van der Waals surface area contributed by atoms with Crippen molar-refractivity contribution in [1.82, 2.24) is 15.2 Å². The molecule has 15 heavy (non-hydrogen) atoms. The highest BCUT2D eigenvalue weighted by Crippen LogP contribution is 2.25. The van der Waals surface area contributed by atoms with E-state index < -0.39 is 0 Å². The van der Waals surface area contributed by atoms with Gasteiger partial charge in [0.2, 0.25) is 5.28 Å². The largest absolute Gasteiger partial charge is 0.366 e. The normalized spacial score (nSPS) is 26.3. The van der Waals surface area contributed by atoms with Crippen molar-refractivity contribution in [3.8, 4) is 0 Å². The fraction of sp³-hybridized carbons (Fsp3) is 0.700. The lowest BCUT2D eigenvalue weighted by molar-refractivity contribution is 0.358. The standard InChI is InChI=1S/C10H15ClN4/c1-7-3-2-4-8(5-7)13-9-6-12-15-10(11)14-9/h6-8H,2-5H2,1H3,(H,13,14,15). The number of hydrogen-bond acceptors (Lipinski definition) is 4. The van der Waals surface area contributed by atoms with Crippen molar-refractivity contribution in [3.05, 3.63) is 11.5 Å². The van der Waals surface area contributed by atoms with Gasteiger partial charge in [-0.25, -0.2) is 0 Å². The predicted molar refractivity (Wildman–Crippen MR) is 59.9 cm³/mol. The molecule has 2 unspecified atom stereocenters. The average molecular weight is 227 g/mol. The van der Waals surface area contributed by atoms with Gasteiger partial charge in [0.05, 0.1) is 6.20 Å². The Morgan fingerprint density at radius 2 is 2.33 bits per heavy atom. The van der Waals surface area contributed by atoms with Gasteiger partial charge >= 0.3 is 0 Å². The van der Waals surface area contributed by atoms with Gasteiger partial charge < -0.3 is 5.32 Å². The molecular weight excluding hydrogens is 212 g/mol. The summed E-state index contributed by atoms with van der Waals surface area (Å²) in [6, 6.07) is 0.501. The molecule has 0 aliphatic heterocycles. The first-order valence-corrected chi connectivity index (χ1v) is 5.73. The van der Waals surface area contributed by atoms with Crippen LogP contribution < -0.4 is 5.32 Å². The van der Waals surface area contributed by atoms with Crippen molar-refractivity contribution in [2.24, 2.45) is 5.92 Å². The zero-order chi connectivity index (χ0) is 10.7. The third-order valence-corrected chi connectivity index (χ3v) is 2.98. The minimum Gasteiger partial charge on any atom is -0.366 e. The maximum absolute atomic E-state index is 5.67. The lowest BCUT2D eigenvalue weighted by Crippen LogP contribution is -2.26. The van der Waals surface area contributed by atoms with E-state index in [1.807, 2.05) is 0 Å². The molecule has 82 valence electrons. The molecule has 4 nitrogen and oxygen atoms in total. The van der Waals surface area contributed by atoms with Crippen LogP contribution in [0.4, 0.5) is 5.82 Å². The summed E-state index contributed by atoms with van der Waals surface area (Å²) >= 11 is 5.67. The maximum atomic E-state index is 5.67. The van der Waals surface area contributed by atoms with Crippen molar-refractivity contribution in [3.63, 3.8) is 0 Å². The summed E-state index contributed by atoms with van der Waals surface area (Å²) in [5.41, 5.74) is 0. The molecule has 1 fully saturated rings. The van der Waals surface area contributed by atoms with E-state index >= 15 is 0 Å². The molecule has 1 aliphatic carbocycles. The van der Waals surface area contributed by atoms with Crippen LogP contribution >= 0.6 is 11.6 Å². The van der Waals surface area contributed by atoms with Gasteiger partial charge in [-0.15, -0.1) is 5.10 Å². The quantitative estimate of drug-likeness (QED) is 0.842. The van der Waals surface area contributed by atoms with Gasteiger partial charge in [-0.1, -0.05) is 19.8 Å². The summed E-state index contributed by atoms with van der Waals surface area (Å²) < 4.78 is 0. The summed E-state index contributed by atoms with van der Waals surface area (Å²) in [6.07, 6.45) is 6.63. The van der Waals surface area contributed by atoms with Crippen LogP contribution in [0.2, 0.25) is 5.28 Å². The smallest absolute Gasteiger partial charge is 0.244 e. The van der Waals surface area contributed by atoms with Gasteiger partial charge in [-0.3, -0.25) is 0 Å². The number of aromatic nitrogens is 3. The molecule has 1 aliphatic rings. The fourth-order valence-corrected chi connectivity index (χ4v) is 2.26. The highest BCUT2D eigenvalue weighted by atomic mass is 35.5. The lowest BCUT2D eigenvalue weighted by Gasteiger charge is -2.27. The molecule has 1 saturated carbocycles. The number of hydrogen-bond donors (Lipinski definition) is 1. The van der Waals surface area contributed by atoms with Crippen LogP contribution in [0.5, 0.6) is 0 Å². The van der Waals surface area contributed by atoms with E-state index in [0.29, 0.717) is 6.04 Å². The second-order valence-electron chi connectivity index (χ2n) is 4.22. The number of nitrogens with one attached hydrogen (secondary N) is 1. The van der Waals surface area contributed by atoms with E-state index in [-0.39, 0.29) is 5.28 Å². The lowest BCUT2D eigenvalue weighted by atomic mass is 9.87. The van der Waals surface area contributed by atoms with Crippen LogP contribution in [0.15, 0.2) is 6.20 Å². The van der Waals surface area contributed by atoms with Crippen molar-refractivity contribution in [1.29, 1.82) is 0 Å². The van der Waals surface area contributed by atoms with Crippen LogP contribution in [0.3, 0.4) is 0 Å². The molecule has 0 amide bonds. The Balaban J connectivity index is 1.96. The van der Waals surface area contributed by atoms with Gasteiger partial charge in [0.25, 0.3) is 0 Å². The minimum absolute atomic E-state index is 0.198. The number of anilines is 1. The molecular formula is C10H15ClN4. The van der Waals surface area contributed by atoms with Gasteiger partial charge in [0, 0.05) is 6.04 Å². The highest BCUT2D eigenvalue weighted by molar-refractivity contribution is 6.28. The molecule has 0 bridgehead atoms. The average Bonchev–Trinajstić information content (AvgIpc) is 2.17. The van der Waals surface area contributed by atoms with E-state index in [0.717, 1.165) is 11.7 Å². The molecule has 1 N–H and O–H groups in total. The van der Waals surface area contributed by atoms with Crippen molar-refractivity contribution in [2.75, 3.05) is 5.32 Å². The van der Waals surface area contributed by atoms with E-state index in [1.54, 1.807) is 6.20 Å². The van der Waals surface area contributed by atoms with E-state index in [4.69, 9.17) is 11.6 Å². The minimum atomic E-state index is 0.198. The zero-order valence-electron chi connectivity index (χ0n) is 8.78. The molecule has 2 atom stereocenters. The summed E-state index contributed by atoms with van der Waals surface area (Å²) in [4.78, 5) is 4.07. The first-order valence-electron chi connectivity index (χ1n) is 5.36. The molecule has 0 spiro atoms. The highest BCUT2D eigenvalue weighted by Gasteiger charge is 2.18. The Labute approximate surface area is 94.5 Å². The van der Waals surface area contributed by atoms with Crippen LogP contribution in [-0.4, -0.2) is 21.2 Å². The zero-order valence-corrected chi connectivity index (χ0v) is 9.54. The van der Waals surface area contributed by atoms with E-state index in [9.17, 15) is 0 Å². The summed E-state index contributed by atoms with van der Waals surface area (Å²) in [5.74, 6) is 1.52. The molecule has 0 radical (unpaired) electrons. The van der Waals surface area contributed by atoms with Crippen LogP contribution in [0, 0.1) is 5.92 Å². The molecule has 2 rings (SSSR count). The predicted octanol–water partition coefficient (Wildman–Crippen LogP) is 2.52. The molecule has 1 aromatic rings. The van der Waals surface area contributed by atoms with Crippen LogP contribution in [-0.2, 0) is 0 Å². The van der Waals surface area contributed by atoms with E-state index in [1.165, 1.54) is 25.7 Å². The third-order valence-electron chi connectivity index (χ3n) is 2.82. The number of halogens is 1. The Morgan fingerprint density at radius 1 is 1.47 bits per heavy atom. The Hall–Kier alpha value is -0.900. The SMILES string of the molecule is CC1CCCC(Nc2cnnc(Cl)n2)C1.